The van der Waals surface area contributed by atoms with Gasteiger partial charge in [-0.15, -0.1) is 16.9 Å². The molecular weight excluding hydrogens is 217 g/mol. The Kier molecular flexibility index (Phi) is 5.86. The van der Waals surface area contributed by atoms with Crippen molar-refractivity contribution in [1.29, 1.82) is 0 Å². The molecule has 1 heterocycles. The molecule has 0 saturated heterocycles. The van der Waals surface area contributed by atoms with Crippen molar-refractivity contribution in [3.05, 3.63) is 29.6 Å². The molecule has 0 aliphatic rings. The first-order valence-electron chi connectivity index (χ1n) is 5.43. The molecule has 84 valence electrons. The van der Waals surface area contributed by atoms with Crippen LogP contribution in [0.2, 0.25) is 0 Å². The number of nitrogens with zero attached hydrogens (tertiary/aromatic N) is 3. The first-order valence-corrected chi connectivity index (χ1v) is 6.42. The summed E-state index contributed by atoms with van der Waals surface area (Å²) in [6, 6.07) is 4.04. The van der Waals surface area contributed by atoms with Gasteiger partial charge in [0.2, 0.25) is 0 Å². The van der Waals surface area contributed by atoms with E-state index in [1.165, 1.54) is 0 Å². The highest BCUT2D eigenvalue weighted by molar-refractivity contribution is 8.15. The van der Waals surface area contributed by atoms with Crippen LogP contribution >= 0.6 is 11.8 Å². The Morgan fingerprint density at radius 2 is 2.44 bits per heavy atom. The zero-order valence-corrected chi connectivity index (χ0v) is 10.6. The summed E-state index contributed by atoms with van der Waals surface area (Å²) in [5.41, 5.74) is 3.16. The van der Waals surface area contributed by atoms with E-state index in [1.54, 1.807) is 11.8 Å². The van der Waals surface area contributed by atoms with Crippen molar-refractivity contribution in [1.82, 2.24) is 4.98 Å². The van der Waals surface area contributed by atoms with Gasteiger partial charge in [-0.3, -0.25) is 4.98 Å². The molecule has 16 heavy (non-hydrogen) atoms. The largest absolute Gasteiger partial charge is 0.261 e. The van der Waals surface area contributed by atoms with Crippen LogP contribution in [-0.2, 0) is 6.42 Å². The quantitative estimate of drug-likeness (QED) is 0.336. The molecule has 3 nitrogen and oxygen atoms in total. The molecule has 0 unspecified atom stereocenters. The average molecular weight is 233 g/mol. The second-order valence-corrected chi connectivity index (χ2v) is 4.52. The van der Waals surface area contributed by atoms with Crippen LogP contribution in [0.3, 0.4) is 0 Å². The van der Waals surface area contributed by atoms with Crippen molar-refractivity contribution in [3.63, 3.8) is 0 Å². The first-order chi connectivity index (χ1) is 7.81. The predicted octanol–water partition coefficient (Wildman–Crippen LogP) is 1.72. The zero-order valence-electron chi connectivity index (χ0n) is 9.81. The SMILES string of the molecule is BCS/C(=N\N=C)c1ccnc(CCC)c1. The van der Waals surface area contributed by atoms with Gasteiger partial charge in [-0.05, 0) is 24.2 Å². The third-order valence-corrected chi connectivity index (χ3v) is 2.89. The molecular formula is C11H16BN3S. The van der Waals surface area contributed by atoms with E-state index in [0.29, 0.717) is 0 Å². The summed E-state index contributed by atoms with van der Waals surface area (Å²) < 4.78 is 0. The number of hydrogen-bond acceptors (Lipinski definition) is 4. The van der Waals surface area contributed by atoms with Gasteiger partial charge < -0.3 is 0 Å². The van der Waals surface area contributed by atoms with Gasteiger partial charge in [-0.1, -0.05) is 13.3 Å². The van der Waals surface area contributed by atoms with Gasteiger partial charge in [0, 0.05) is 24.2 Å². The third-order valence-electron chi connectivity index (χ3n) is 2.01. The van der Waals surface area contributed by atoms with Gasteiger partial charge in [0.05, 0.1) is 0 Å². The molecule has 1 aromatic rings. The van der Waals surface area contributed by atoms with E-state index in [4.69, 9.17) is 0 Å². The lowest BCUT2D eigenvalue weighted by Crippen LogP contribution is -1.99. The molecule has 1 aromatic heterocycles. The molecule has 0 N–H and O–H groups in total. The fourth-order valence-electron chi connectivity index (χ4n) is 1.37. The van der Waals surface area contributed by atoms with Crippen LogP contribution in [-0.4, -0.2) is 30.2 Å². The van der Waals surface area contributed by atoms with Gasteiger partial charge in [-0.25, -0.2) is 0 Å². The summed E-state index contributed by atoms with van der Waals surface area (Å²) in [5, 5.41) is 8.57. The minimum absolute atomic E-state index is 0.914. The maximum absolute atomic E-state index is 4.32. The van der Waals surface area contributed by atoms with Crippen LogP contribution in [0.25, 0.3) is 0 Å². The van der Waals surface area contributed by atoms with Gasteiger partial charge in [0.1, 0.15) is 12.9 Å². The smallest absolute Gasteiger partial charge is 0.125 e. The van der Waals surface area contributed by atoms with Gasteiger partial charge >= 0.3 is 0 Å². The van der Waals surface area contributed by atoms with Crippen molar-refractivity contribution in [3.8, 4) is 0 Å². The Labute approximate surface area is 102 Å². The number of hydrogen-bond donors (Lipinski definition) is 0. The Morgan fingerprint density at radius 3 is 3.06 bits per heavy atom. The number of pyridine rings is 1. The second kappa shape index (κ2) is 7.22. The van der Waals surface area contributed by atoms with Crippen molar-refractivity contribution < 1.29 is 0 Å². The highest BCUT2D eigenvalue weighted by Crippen LogP contribution is 2.14. The number of thioether (sulfide) groups is 1. The third kappa shape index (κ3) is 3.81. The average Bonchev–Trinajstić information content (AvgIpc) is 2.30. The fraction of sp³-hybridized carbons (Fsp3) is 0.364. The molecule has 0 aliphatic heterocycles. The molecule has 0 spiro atoms. The predicted molar refractivity (Wildman–Crippen MR) is 75.3 cm³/mol. The molecule has 0 saturated carbocycles. The van der Waals surface area contributed by atoms with Gasteiger partial charge in [0.25, 0.3) is 0 Å². The van der Waals surface area contributed by atoms with Gasteiger partial charge in [-0.2, -0.15) is 5.10 Å². The molecule has 0 aliphatic carbocycles. The lowest BCUT2D eigenvalue weighted by molar-refractivity contribution is 0.882. The van der Waals surface area contributed by atoms with E-state index >= 15 is 0 Å². The lowest BCUT2D eigenvalue weighted by Gasteiger charge is -2.04. The maximum atomic E-state index is 4.32. The van der Waals surface area contributed by atoms with Gasteiger partial charge in [0.15, 0.2) is 0 Å². The lowest BCUT2D eigenvalue weighted by atomic mass is 10.2. The molecule has 5 heteroatoms. The van der Waals surface area contributed by atoms with Crippen LogP contribution < -0.4 is 0 Å². The summed E-state index contributed by atoms with van der Waals surface area (Å²) in [5.74, 6) is 0. The normalized spacial score (nSPS) is 11.4. The van der Waals surface area contributed by atoms with Crippen molar-refractivity contribution in [2.24, 2.45) is 10.2 Å². The Balaban J connectivity index is 2.95. The molecule has 1 rings (SSSR count). The Hall–Kier alpha value is -1.10. The van der Waals surface area contributed by atoms with Crippen LogP contribution in [0.4, 0.5) is 0 Å². The van der Waals surface area contributed by atoms with Crippen LogP contribution in [0.1, 0.15) is 24.6 Å². The first kappa shape index (κ1) is 13.0. The second-order valence-electron chi connectivity index (χ2n) is 3.27. The topological polar surface area (TPSA) is 37.6 Å². The highest BCUT2D eigenvalue weighted by Gasteiger charge is 2.04. The monoisotopic (exact) mass is 233 g/mol. The van der Waals surface area contributed by atoms with Crippen LogP contribution in [0.15, 0.2) is 28.5 Å². The van der Waals surface area contributed by atoms with E-state index in [9.17, 15) is 0 Å². The van der Waals surface area contributed by atoms with E-state index < -0.39 is 0 Å². The Morgan fingerprint density at radius 1 is 1.62 bits per heavy atom. The van der Waals surface area contributed by atoms with E-state index in [-0.39, 0.29) is 0 Å². The van der Waals surface area contributed by atoms with Crippen molar-refractivity contribution >= 4 is 31.4 Å². The zero-order chi connectivity index (χ0) is 11.8. The van der Waals surface area contributed by atoms with E-state index in [2.05, 4.69) is 42.7 Å². The summed E-state index contributed by atoms with van der Waals surface area (Å²) in [7, 11) is 2.09. The minimum Gasteiger partial charge on any atom is -0.261 e. The summed E-state index contributed by atoms with van der Waals surface area (Å²) in [6.45, 7) is 5.55. The van der Waals surface area contributed by atoms with E-state index in [0.717, 1.165) is 34.8 Å². The summed E-state index contributed by atoms with van der Waals surface area (Å²) >= 11 is 1.67. The van der Waals surface area contributed by atoms with Crippen molar-refractivity contribution in [2.75, 3.05) is 5.65 Å². The molecule has 0 fully saturated rings. The Bertz CT molecular complexity index is 379. The van der Waals surface area contributed by atoms with Crippen LogP contribution in [0.5, 0.6) is 0 Å². The summed E-state index contributed by atoms with van der Waals surface area (Å²) in [4.78, 5) is 4.32. The number of rotatable bonds is 5. The highest BCUT2D eigenvalue weighted by atomic mass is 32.2. The minimum atomic E-state index is 0.914. The molecule has 0 amide bonds. The maximum Gasteiger partial charge on any atom is 0.125 e. The molecule has 0 atom stereocenters. The standard InChI is InChI=1S/C11H16BN3S/c1-3-4-10-7-9(5-6-14-10)11(15-13-2)16-8-12/h5-7H,2-4,8,12H2,1H3/b15-11-. The molecule has 0 bridgehead atoms. The van der Waals surface area contributed by atoms with Crippen LogP contribution in [0, 0.1) is 0 Å². The molecule has 0 radical (unpaired) electrons. The summed E-state index contributed by atoms with van der Waals surface area (Å²) in [6.07, 6.45) is 3.93. The fourth-order valence-corrected chi connectivity index (χ4v) is 2.06. The molecule has 0 aromatic carbocycles. The van der Waals surface area contributed by atoms with E-state index in [1.807, 2.05) is 12.3 Å². The number of aromatic nitrogens is 1. The number of aryl methyl sites for hydroxylation is 1. The van der Waals surface area contributed by atoms with Crippen molar-refractivity contribution in [2.45, 2.75) is 19.8 Å².